The average molecular weight is 539 g/mol. The first-order valence-corrected chi connectivity index (χ1v) is 14.3. The summed E-state index contributed by atoms with van der Waals surface area (Å²) < 4.78 is 2.36. The molecule has 0 saturated carbocycles. The Morgan fingerprint density at radius 1 is 0.738 bits per heavy atom. The van der Waals surface area contributed by atoms with Gasteiger partial charge in [-0.05, 0) is 83.7 Å². The van der Waals surface area contributed by atoms with Gasteiger partial charge in [0.1, 0.15) is 0 Å². The topological polar surface area (TPSA) is 28.7 Å². The minimum Gasteiger partial charge on any atom is -0.309 e. The van der Waals surface area contributed by atoms with Crippen LogP contribution in [0.4, 0.5) is 0 Å². The van der Waals surface area contributed by atoms with Crippen LogP contribution in [-0.2, 0) is 5.41 Å². The molecule has 0 radical (unpaired) electrons. The first-order valence-electron chi connectivity index (χ1n) is 14.3. The quantitative estimate of drug-likeness (QED) is 0.159. The maximum absolute atomic E-state index is 9.82. The van der Waals surface area contributed by atoms with E-state index in [1.807, 2.05) is 6.08 Å². The second kappa shape index (κ2) is 9.91. The van der Waals surface area contributed by atoms with Crippen LogP contribution in [0.25, 0.3) is 33.1 Å². The van der Waals surface area contributed by atoms with Crippen LogP contribution in [-0.4, -0.2) is 4.57 Å². The van der Waals surface area contributed by atoms with Crippen molar-refractivity contribution in [2.75, 3.05) is 0 Å². The van der Waals surface area contributed by atoms with Crippen LogP contribution in [0, 0.1) is 18.3 Å². The number of hydrogen-bond acceptors (Lipinski definition) is 1. The second-order valence-electron chi connectivity index (χ2n) is 11.0. The standard InChI is InChI=1S/C40H30N2/c1-4-29(26-41)24-35-28(3)40(30-20-18-27(2)19-21-30,37-16-10-8-14-33(35)37)31-22-23-39-36(25-31)34-15-9-11-17-38(34)42(39)32-12-6-5-7-13-32/h4-25H,1H2,2-3H3/b29-24+. The highest BCUT2D eigenvalue weighted by atomic mass is 15.0. The third-order valence-electron chi connectivity index (χ3n) is 8.84. The normalized spacial score (nSPS) is 16.5. The maximum Gasteiger partial charge on any atom is 0.0991 e. The van der Waals surface area contributed by atoms with Gasteiger partial charge in [-0.2, -0.15) is 5.26 Å². The predicted octanol–water partition coefficient (Wildman–Crippen LogP) is 9.85. The molecule has 2 nitrogen and oxygen atoms in total. The van der Waals surface area contributed by atoms with Crippen LogP contribution in [0.15, 0.2) is 151 Å². The summed E-state index contributed by atoms with van der Waals surface area (Å²) in [4.78, 5) is 0. The monoisotopic (exact) mass is 538 g/mol. The fourth-order valence-electron chi connectivity index (χ4n) is 6.90. The van der Waals surface area contributed by atoms with Crippen molar-refractivity contribution < 1.29 is 0 Å². The fourth-order valence-corrected chi connectivity index (χ4v) is 6.90. The smallest absolute Gasteiger partial charge is 0.0991 e. The van der Waals surface area contributed by atoms with Gasteiger partial charge in [0.25, 0.3) is 0 Å². The molecule has 0 aliphatic heterocycles. The first-order chi connectivity index (χ1) is 20.6. The van der Waals surface area contributed by atoms with Crippen molar-refractivity contribution in [1.29, 1.82) is 5.26 Å². The van der Waals surface area contributed by atoms with E-state index in [-0.39, 0.29) is 0 Å². The number of nitriles is 1. The Morgan fingerprint density at radius 3 is 2.17 bits per heavy atom. The first kappa shape index (κ1) is 25.6. The number of aromatic nitrogens is 1. The number of allylic oxidation sites excluding steroid dienone is 5. The van der Waals surface area contributed by atoms with Crippen LogP contribution in [0.2, 0.25) is 0 Å². The summed E-state index contributed by atoms with van der Waals surface area (Å²) in [5.74, 6) is 0. The molecule has 200 valence electrons. The summed E-state index contributed by atoms with van der Waals surface area (Å²) in [6.07, 6.45) is 3.64. The highest BCUT2D eigenvalue weighted by molar-refractivity contribution is 6.10. The molecule has 0 amide bonds. The average Bonchev–Trinajstić information content (AvgIpc) is 3.50. The van der Waals surface area contributed by atoms with Crippen molar-refractivity contribution in [2.24, 2.45) is 0 Å². The van der Waals surface area contributed by atoms with Crippen LogP contribution in [0.3, 0.4) is 0 Å². The van der Waals surface area contributed by atoms with Gasteiger partial charge in [0.15, 0.2) is 0 Å². The number of hydrogen-bond donors (Lipinski definition) is 0. The van der Waals surface area contributed by atoms with Crippen molar-refractivity contribution in [2.45, 2.75) is 19.3 Å². The van der Waals surface area contributed by atoms with E-state index >= 15 is 0 Å². The molecular formula is C40H30N2. The number of rotatable bonds is 5. The van der Waals surface area contributed by atoms with E-state index in [9.17, 15) is 5.26 Å². The highest BCUT2D eigenvalue weighted by Crippen LogP contribution is 2.55. The highest BCUT2D eigenvalue weighted by Gasteiger charge is 2.45. The Kier molecular flexibility index (Phi) is 6.03. The lowest BCUT2D eigenvalue weighted by Gasteiger charge is -2.35. The zero-order chi connectivity index (χ0) is 28.8. The van der Waals surface area contributed by atoms with Crippen molar-refractivity contribution in [3.63, 3.8) is 0 Å². The molecule has 1 aliphatic carbocycles. The number of nitrogens with zero attached hydrogens (tertiary/aromatic N) is 2. The summed E-state index contributed by atoms with van der Waals surface area (Å²) in [5, 5.41) is 12.3. The maximum atomic E-state index is 9.82. The number of aryl methyl sites for hydroxylation is 1. The van der Waals surface area contributed by atoms with Gasteiger partial charge in [-0.15, -0.1) is 0 Å². The van der Waals surface area contributed by atoms with Crippen LogP contribution >= 0.6 is 0 Å². The van der Waals surface area contributed by atoms with Gasteiger partial charge < -0.3 is 4.57 Å². The predicted molar refractivity (Wildman–Crippen MR) is 175 cm³/mol. The lowest BCUT2D eigenvalue weighted by Crippen LogP contribution is -2.29. The summed E-state index contributed by atoms with van der Waals surface area (Å²) in [6, 6.07) is 46.1. The van der Waals surface area contributed by atoms with Crippen LogP contribution in [0.5, 0.6) is 0 Å². The third kappa shape index (κ3) is 3.64. The van der Waals surface area contributed by atoms with E-state index in [1.54, 1.807) is 6.08 Å². The molecule has 1 aromatic heterocycles. The van der Waals surface area contributed by atoms with E-state index in [0.717, 1.165) is 16.8 Å². The molecule has 0 fully saturated rings. The Balaban J connectivity index is 1.60. The molecule has 1 heterocycles. The molecule has 6 aromatic rings. The lowest BCUT2D eigenvalue weighted by atomic mass is 9.67. The van der Waals surface area contributed by atoms with Gasteiger partial charge in [0.2, 0.25) is 0 Å². The molecule has 0 saturated heterocycles. The third-order valence-corrected chi connectivity index (χ3v) is 8.84. The van der Waals surface area contributed by atoms with E-state index in [0.29, 0.717) is 5.57 Å². The summed E-state index contributed by atoms with van der Waals surface area (Å²) >= 11 is 0. The molecule has 5 aromatic carbocycles. The van der Waals surface area contributed by atoms with Crippen LogP contribution in [0.1, 0.15) is 34.7 Å². The lowest BCUT2D eigenvalue weighted by molar-refractivity contribution is 0.744. The molecule has 0 bridgehead atoms. The molecule has 2 heteroatoms. The SMILES string of the molecule is C=C/C(C#N)=C\C1=C(C)C(c2ccc(C)cc2)(c2ccc3c(c2)c2ccccc2n3-c2ccccc2)c2ccccc21. The molecule has 1 aliphatic rings. The number of benzene rings is 5. The van der Waals surface area contributed by atoms with E-state index in [2.05, 4.69) is 152 Å². The van der Waals surface area contributed by atoms with Gasteiger partial charge in [0.05, 0.1) is 28.1 Å². The summed E-state index contributed by atoms with van der Waals surface area (Å²) in [5.41, 5.74) is 11.8. The molecular weight excluding hydrogens is 508 g/mol. The fraction of sp³-hybridized carbons (Fsp3) is 0.0750. The second-order valence-corrected chi connectivity index (χ2v) is 11.0. The van der Waals surface area contributed by atoms with E-state index in [1.165, 1.54) is 49.6 Å². The number of para-hydroxylation sites is 2. The van der Waals surface area contributed by atoms with E-state index < -0.39 is 5.41 Å². The summed E-state index contributed by atoms with van der Waals surface area (Å²) in [6.45, 7) is 8.24. The van der Waals surface area contributed by atoms with Gasteiger partial charge >= 0.3 is 0 Å². The zero-order valence-corrected chi connectivity index (χ0v) is 23.8. The molecule has 7 rings (SSSR count). The van der Waals surface area contributed by atoms with Gasteiger partial charge in [-0.25, -0.2) is 0 Å². The zero-order valence-electron chi connectivity index (χ0n) is 23.8. The Morgan fingerprint density at radius 2 is 1.40 bits per heavy atom. The molecule has 1 unspecified atom stereocenters. The van der Waals surface area contributed by atoms with E-state index in [4.69, 9.17) is 0 Å². The Bertz CT molecular complexity index is 2110. The van der Waals surface area contributed by atoms with Crippen molar-refractivity contribution in [3.05, 3.63) is 179 Å². The molecule has 0 N–H and O–H groups in total. The largest absolute Gasteiger partial charge is 0.309 e. The van der Waals surface area contributed by atoms with Crippen molar-refractivity contribution in [3.8, 4) is 11.8 Å². The molecule has 1 atom stereocenters. The molecule has 0 spiro atoms. The van der Waals surface area contributed by atoms with Gasteiger partial charge in [-0.1, -0.05) is 109 Å². The van der Waals surface area contributed by atoms with Gasteiger partial charge in [-0.3, -0.25) is 0 Å². The Labute approximate surface area is 246 Å². The molecule has 42 heavy (non-hydrogen) atoms. The van der Waals surface area contributed by atoms with Crippen molar-refractivity contribution >= 4 is 27.4 Å². The Hall–Kier alpha value is -5.39. The minimum absolute atomic E-state index is 0.526. The van der Waals surface area contributed by atoms with Crippen LogP contribution < -0.4 is 0 Å². The van der Waals surface area contributed by atoms with Crippen molar-refractivity contribution in [1.82, 2.24) is 4.57 Å². The van der Waals surface area contributed by atoms with Gasteiger partial charge in [0, 0.05) is 16.5 Å². The minimum atomic E-state index is -0.526. The number of fused-ring (bicyclic) bond motifs is 4. The summed E-state index contributed by atoms with van der Waals surface area (Å²) in [7, 11) is 0.